The third kappa shape index (κ3) is 3.04. The van der Waals surface area contributed by atoms with Gasteiger partial charge in [0.25, 0.3) is 0 Å². The van der Waals surface area contributed by atoms with E-state index < -0.39 is 0 Å². The highest BCUT2D eigenvalue weighted by Crippen LogP contribution is 2.39. The average Bonchev–Trinajstić information content (AvgIpc) is 2.82. The maximum Gasteiger partial charge on any atom is 0.0980 e. The highest BCUT2D eigenvalue weighted by molar-refractivity contribution is 6.32. The molecule has 0 atom stereocenters. The Bertz CT molecular complexity index is 1600. The van der Waals surface area contributed by atoms with Crippen molar-refractivity contribution >= 4 is 44.2 Å². The molecular weight excluding hydrogens is 400 g/mol. The van der Waals surface area contributed by atoms with Gasteiger partial charge < -0.3 is 0 Å². The molecule has 0 amide bonds. The molecule has 0 bridgehead atoms. The van der Waals surface area contributed by atoms with E-state index >= 15 is 0 Å². The summed E-state index contributed by atoms with van der Waals surface area (Å²) in [5.41, 5.74) is 5.50. The zero-order valence-corrected chi connectivity index (χ0v) is 17.3. The normalized spacial score (nSPS) is 11.4. The summed E-state index contributed by atoms with van der Waals surface area (Å²) in [5, 5.41) is 5.22. The van der Waals surface area contributed by atoms with Crippen LogP contribution in [0.4, 0.5) is 0 Å². The second-order valence-corrected chi connectivity index (χ2v) is 8.05. The Balaban J connectivity index is 1.77. The Hall–Kier alpha value is -3.75. The van der Waals surface area contributed by atoms with E-state index in [9.17, 15) is 0 Å². The van der Waals surface area contributed by atoms with Crippen molar-refractivity contribution in [2.24, 2.45) is 0 Å². The van der Waals surface area contributed by atoms with E-state index in [0.717, 1.165) is 49.7 Å². The van der Waals surface area contributed by atoms with Crippen LogP contribution in [0.25, 0.3) is 55.1 Å². The molecule has 0 radical (unpaired) electrons. The summed E-state index contributed by atoms with van der Waals surface area (Å²) in [6.07, 6.45) is 0. The minimum atomic E-state index is 0.688. The largest absolute Gasteiger partial charge is 0.244 e. The van der Waals surface area contributed by atoms with Crippen molar-refractivity contribution in [3.8, 4) is 22.5 Å². The predicted molar refractivity (Wildman–Crippen MR) is 130 cm³/mol. The molecule has 146 valence electrons. The topological polar surface area (TPSA) is 25.8 Å². The number of halogens is 1. The van der Waals surface area contributed by atoms with Crippen LogP contribution in [0.1, 0.15) is 0 Å². The number of hydrogen-bond donors (Lipinski definition) is 0. The quantitative estimate of drug-likeness (QED) is 0.286. The van der Waals surface area contributed by atoms with Crippen molar-refractivity contribution in [2.75, 3.05) is 0 Å². The predicted octanol–water partition coefficient (Wildman–Crippen LogP) is 7.92. The van der Waals surface area contributed by atoms with Crippen molar-refractivity contribution in [1.29, 1.82) is 0 Å². The Kier molecular flexibility index (Phi) is 4.19. The lowest BCUT2D eigenvalue weighted by molar-refractivity contribution is 1.30. The van der Waals surface area contributed by atoms with Gasteiger partial charge in [-0.05, 0) is 45.8 Å². The first-order valence-corrected chi connectivity index (χ1v) is 10.6. The molecule has 0 saturated carbocycles. The number of para-hydroxylation sites is 2. The third-order valence-corrected chi connectivity index (χ3v) is 5.92. The fraction of sp³-hybridized carbons (Fsp3) is 0. The summed E-state index contributed by atoms with van der Waals surface area (Å²) in [6, 6.07) is 35.0. The van der Waals surface area contributed by atoms with E-state index in [0.29, 0.717) is 5.02 Å². The first-order valence-electron chi connectivity index (χ1n) is 10.2. The van der Waals surface area contributed by atoms with Gasteiger partial charge in [-0.15, -0.1) is 0 Å². The van der Waals surface area contributed by atoms with Gasteiger partial charge in [-0.25, -0.2) is 9.97 Å². The number of nitrogens with zero attached hydrogens (tertiary/aromatic N) is 2. The second-order valence-electron chi connectivity index (χ2n) is 7.61. The van der Waals surface area contributed by atoms with Crippen molar-refractivity contribution in [3.63, 3.8) is 0 Å². The molecule has 0 aliphatic heterocycles. The number of aromatic nitrogens is 2. The van der Waals surface area contributed by atoms with Gasteiger partial charge in [-0.2, -0.15) is 0 Å². The first-order chi connectivity index (χ1) is 15.3. The molecule has 0 aliphatic rings. The molecule has 0 fully saturated rings. The van der Waals surface area contributed by atoms with Crippen LogP contribution in [0, 0.1) is 0 Å². The zero-order valence-electron chi connectivity index (χ0n) is 16.6. The van der Waals surface area contributed by atoms with E-state index in [1.807, 2.05) is 48.5 Å². The van der Waals surface area contributed by atoms with Gasteiger partial charge in [0.15, 0.2) is 0 Å². The summed E-state index contributed by atoms with van der Waals surface area (Å²) in [5.74, 6) is 0. The van der Waals surface area contributed by atoms with Crippen LogP contribution in [-0.4, -0.2) is 9.97 Å². The summed E-state index contributed by atoms with van der Waals surface area (Å²) in [4.78, 5) is 10.2. The summed E-state index contributed by atoms with van der Waals surface area (Å²) in [7, 11) is 0. The van der Waals surface area contributed by atoms with E-state index in [1.165, 1.54) is 5.39 Å². The van der Waals surface area contributed by atoms with Crippen LogP contribution in [0.3, 0.4) is 0 Å². The molecule has 3 heteroatoms. The molecule has 0 unspecified atom stereocenters. The van der Waals surface area contributed by atoms with Crippen LogP contribution in [0.5, 0.6) is 0 Å². The van der Waals surface area contributed by atoms with Gasteiger partial charge in [0, 0.05) is 16.1 Å². The molecule has 6 aromatic rings. The minimum absolute atomic E-state index is 0.688. The van der Waals surface area contributed by atoms with E-state index in [4.69, 9.17) is 21.6 Å². The molecule has 31 heavy (non-hydrogen) atoms. The minimum Gasteiger partial charge on any atom is -0.244 e. The molecular formula is C28H17ClN2. The van der Waals surface area contributed by atoms with Gasteiger partial charge in [0.1, 0.15) is 0 Å². The van der Waals surface area contributed by atoms with Crippen LogP contribution >= 0.6 is 11.6 Å². The van der Waals surface area contributed by atoms with Crippen LogP contribution in [0.2, 0.25) is 5.02 Å². The first kappa shape index (κ1) is 18.1. The van der Waals surface area contributed by atoms with Crippen LogP contribution in [0.15, 0.2) is 103 Å². The number of hydrogen-bond acceptors (Lipinski definition) is 2. The Morgan fingerprint density at radius 3 is 1.77 bits per heavy atom. The summed E-state index contributed by atoms with van der Waals surface area (Å²) >= 11 is 6.54. The molecule has 5 aromatic carbocycles. The van der Waals surface area contributed by atoms with Gasteiger partial charge in [-0.1, -0.05) is 90.5 Å². The molecule has 0 spiro atoms. The van der Waals surface area contributed by atoms with Crippen LogP contribution in [-0.2, 0) is 0 Å². The van der Waals surface area contributed by atoms with Crippen molar-refractivity contribution in [2.45, 2.75) is 0 Å². The molecule has 1 aromatic heterocycles. The lowest BCUT2D eigenvalue weighted by atomic mass is 9.95. The molecule has 0 saturated heterocycles. The average molecular weight is 417 g/mol. The smallest absolute Gasteiger partial charge is 0.0980 e. The van der Waals surface area contributed by atoms with E-state index in [2.05, 4.69) is 54.6 Å². The zero-order chi connectivity index (χ0) is 20.8. The number of rotatable bonds is 2. The van der Waals surface area contributed by atoms with E-state index in [-0.39, 0.29) is 0 Å². The second kappa shape index (κ2) is 7.19. The van der Waals surface area contributed by atoms with Crippen LogP contribution < -0.4 is 0 Å². The Morgan fingerprint density at radius 2 is 1.03 bits per heavy atom. The highest BCUT2D eigenvalue weighted by atomic mass is 35.5. The molecule has 0 aliphatic carbocycles. The maximum atomic E-state index is 6.54. The monoisotopic (exact) mass is 416 g/mol. The van der Waals surface area contributed by atoms with Crippen molar-refractivity contribution < 1.29 is 0 Å². The van der Waals surface area contributed by atoms with Gasteiger partial charge >= 0.3 is 0 Å². The fourth-order valence-electron chi connectivity index (χ4n) is 4.28. The van der Waals surface area contributed by atoms with Gasteiger partial charge in [0.05, 0.1) is 22.4 Å². The number of fused-ring (bicyclic) bond motifs is 3. The Morgan fingerprint density at radius 1 is 0.484 bits per heavy atom. The molecule has 0 N–H and O–H groups in total. The SMILES string of the molecule is Clc1cc(-c2nc3ccccc3nc2-c2cccc3ccccc23)c2ccccc2c1. The fourth-order valence-corrected chi connectivity index (χ4v) is 4.50. The summed E-state index contributed by atoms with van der Waals surface area (Å²) in [6.45, 7) is 0. The third-order valence-electron chi connectivity index (χ3n) is 5.70. The van der Waals surface area contributed by atoms with Gasteiger partial charge in [0.2, 0.25) is 0 Å². The maximum absolute atomic E-state index is 6.54. The highest BCUT2D eigenvalue weighted by Gasteiger charge is 2.17. The van der Waals surface area contributed by atoms with E-state index in [1.54, 1.807) is 0 Å². The standard InChI is InChI=1S/C28H17ClN2/c29-20-16-19-9-2-4-12-22(19)24(17-20)28-27(30-25-14-5-6-15-26(25)31-28)23-13-7-10-18-8-1-3-11-21(18)23/h1-17H. The summed E-state index contributed by atoms with van der Waals surface area (Å²) < 4.78 is 0. The lowest BCUT2D eigenvalue weighted by Gasteiger charge is -2.14. The van der Waals surface area contributed by atoms with Crippen molar-refractivity contribution in [3.05, 3.63) is 108 Å². The molecule has 2 nitrogen and oxygen atoms in total. The molecule has 6 rings (SSSR count). The Labute approximate surface area is 184 Å². The van der Waals surface area contributed by atoms with Crippen molar-refractivity contribution in [1.82, 2.24) is 9.97 Å². The molecule has 1 heterocycles. The number of benzene rings is 5. The van der Waals surface area contributed by atoms with Gasteiger partial charge in [-0.3, -0.25) is 0 Å². The lowest BCUT2D eigenvalue weighted by Crippen LogP contribution is -1.97.